The van der Waals surface area contributed by atoms with E-state index in [0.717, 1.165) is 9.52 Å². The van der Waals surface area contributed by atoms with Crippen LogP contribution in [-0.4, -0.2) is 9.52 Å². The van der Waals surface area contributed by atoms with Gasteiger partial charge in [0.1, 0.15) is 0 Å². The largest absolute Gasteiger partial charge is 2.00 e. The number of rotatable bonds is 0. The van der Waals surface area contributed by atoms with Crippen molar-refractivity contribution in [3.05, 3.63) is 59.7 Å². The van der Waals surface area contributed by atoms with Gasteiger partial charge in [-0.25, -0.2) is 24.3 Å². The molecule has 0 aromatic heterocycles. The molecule has 0 amide bonds. The molecule has 0 N–H and O–H groups in total. The molecule has 0 aliphatic carbocycles. The second-order valence-corrected chi connectivity index (χ2v) is 4.66. The monoisotopic (exact) mass is 307 g/mol. The molecule has 0 saturated carbocycles. The van der Waals surface area contributed by atoms with Crippen LogP contribution in [-0.2, 0) is 26.2 Å². The van der Waals surface area contributed by atoms with Gasteiger partial charge in [0, 0.05) is 9.52 Å². The van der Waals surface area contributed by atoms with Crippen molar-refractivity contribution in [3.63, 3.8) is 0 Å². The number of aryl methyl sites for hydroxylation is 2. The van der Waals surface area contributed by atoms with Gasteiger partial charge in [0.2, 0.25) is 0 Å². The van der Waals surface area contributed by atoms with E-state index >= 15 is 0 Å². The fourth-order valence-electron chi connectivity index (χ4n) is 0.940. The summed E-state index contributed by atoms with van der Waals surface area (Å²) in [4.78, 5) is 0. The van der Waals surface area contributed by atoms with Crippen LogP contribution in [0.1, 0.15) is 11.1 Å². The molecule has 0 aliphatic heterocycles. The molecule has 0 atom stereocenters. The zero-order chi connectivity index (χ0) is 11.5. The first-order valence-corrected chi connectivity index (χ1v) is 7.62. The number of hydrogen-bond donors (Lipinski definition) is 0. The van der Waals surface area contributed by atoms with E-state index < -0.39 is 0 Å². The van der Waals surface area contributed by atoms with Crippen molar-refractivity contribution in [1.29, 1.82) is 0 Å². The SMILES string of the molecule is C[SiH]C.C[c-]1cccc1.C[c-]1cccc1.[Zr+2]. The summed E-state index contributed by atoms with van der Waals surface area (Å²) in [7, 11) is 0.750. The first kappa shape index (κ1) is 18.2. The van der Waals surface area contributed by atoms with Gasteiger partial charge < -0.3 is 0 Å². The van der Waals surface area contributed by atoms with E-state index in [1.165, 1.54) is 11.1 Å². The topological polar surface area (TPSA) is 0 Å². The second kappa shape index (κ2) is 12.9. The average Bonchev–Trinajstić information content (AvgIpc) is 2.81. The van der Waals surface area contributed by atoms with Gasteiger partial charge in [-0.2, -0.15) is 35.4 Å². The van der Waals surface area contributed by atoms with Crippen molar-refractivity contribution in [2.75, 3.05) is 0 Å². The Hall–Kier alpha value is -0.200. The van der Waals surface area contributed by atoms with Crippen molar-refractivity contribution in [3.8, 4) is 0 Å². The van der Waals surface area contributed by atoms with Crippen molar-refractivity contribution in [2.24, 2.45) is 0 Å². The van der Waals surface area contributed by atoms with E-state index in [-0.39, 0.29) is 26.2 Å². The van der Waals surface area contributed by atoms with Crippen LogP contribution in [0.5, 0.6) is 0 Å². The second-order valence-electron chi connectivity index (χ2n) is 3.50. The third-order valence-electron chi connectivity index (χ3n) is 1.66. The Balaban J connectivity index is 0. The van der Waals surface area contributed by atoms with Crippen molar-refractivity contribution < 1.29 is 26.2 Å². The van der Waals surface area contributed by atoms with Gasteiger partial charge in [0.15, 0.2) is 0 Å². The molecule has 0 saturated heterocycles. The first-order chi connectivity index (χ1) is 7.20. The fourth-order valence-corrected chi connectivity index (χ4v) is 0.940. The van der Waals surface area contributed by atoms with Gasteiger partial charge >= 0.3 is 26.2 Å². The third-order valence-corrected chi connectivity index (χ3v) is 1.66. The van der Waals surface area contributed by atoms with E-state index in [4.69, 9.17) is 0 Å². The summed E-state index contributed by atoms with van der Waals surface area (Å²) in [6.07, 6.45) is 0. The summed E-state index contributed by atoms with van der Waals surface area (Å²) in [5.41, 5.74) is 2.69. The van der Waals surface area contributed by atoms with Gasteiger partial charge in [-0.15, -0.1) is 0 Å². The molecule has 0 bridgehead atoms. The van der Waals surface area contributed by atoms with Crippen LogP contribution in [0.15, 0.2) is 48.5 Å². The fraction of sp³-hybridized carbons (Fsp3) is 0.286. The quantitative estimate of drug-likeness (QED) is 0.511. The molecule has 0 aliphatic rings. The Labute approximate surface area is 122 Å². The maximum Gasteiger partial charge on any atom is 2.00 e. The minimum Gasteiger partial charge on any atom is -0.213 e. The Morgan fingerprint density at radius 1 is 0.688 bits per heavy atom. The summed E-state index contributed by atoms with van der Waals surface area (Å²) >= 11 is 0. The van der Waals surface area contributed by atoms with Gasteiger partial charge in [-0.1, -0.05) is 26.9 Å². The predicted octanol–water partition coefficient (Wildman–Crippen LogP) is 3.94. The zero-order valence-corrected chi connectivity index (χ0v) is 14.3. The van der Waals surface area contributed by atoms with Crippen molar-refractivity contribution in [2.45, 2.75) is 26.9 Å². The molecule has 0 unspecified atom stereocenters. The van der Waals surface area contributed by atoms with E-state index in [1.54, 1.807) is 0 Å². The minimum absolute atomic E-state index is 0. The molecule has 0 spiro atoms. The molecule has 85 valence electrons. The molecular formula is C14H21SiZr. The molecule has 2 aromatic rings. The Morgan fingerprint density at radius 2 is 0.875 bits per heavy atom. The molecule has 0 heterocycles. The van der Waals surface area contributed by atoms with E-state index in [2.05, 4.69) is 51.2 Å². The molecule has 1 radical (unpaired) electrons. The summed E-state index contributed by atoms with van der Waals surface area (Å²) in [6.45, 7) is 8.58. The Kier molecular flexibility index (Phi) is 14.6. The van der Waals surface area contributed by atoms with Gasteiger partial charge in [-0.05, 0) is 0 Å². The molecule has 2 heteroatoms. The Morgan fingerprint density at radius 3 is 0.938 bits per heavy atom. The van der Waals surface area contributed by atoms with Gasteiger partial charge in [0.25, 0.3) is 0 Å². The summed E-state index contributed by atoms with van der Waals surface area (Å²) in [6, 6.07) is 16.5. The molecule has 0 fully saturated rings. The van der Waals surface area contributed by atoms with Crippen LogP contribution in [0.3, 0.4) is 0 Å². The zero-order valence-electron chi connectivity index (χ0n) is 10.7. The first-order valence-electron chi connectivity index (χ1n) is 5.31. The van der Waals surface area contributed by atoms with Crippen LogP contribution in [0.2, 0.25) is 13.1 Å². The summed E-state index contributed by atoms with van der Waals surface area (Å²) < 4.78 is 0. The summed E-state index contributed by atoms with van der Waals surface area (Å²) in [5, 5.41) is 0. The van der Waals surface area contributed by atoms with E-state index in [1.807, 2.05) is 24.3 Å². The van der Waals surface area contributed by atoms with Gasteiger partial charge in [0.05, 0.1) is 0 Å². The van der Waals surface area contributed by atoms with Crippen molar-refractivity contribution in [1.82, 2.24) is 0 Å². The maximum atomic E-state index is 2.21. The molecule has 2 rings (SSSR count). The van der Waals surface area contributed by atoms with Crippen LogP contribution in [0, 0.1) is 13.8 Å². The number of hydrogen-bond acceptors (Lipinski definition) is 0. The van der Waals surface area contributed by atoms with E-state index in [9.17, 15) is 0 Å². The molecule has 2 aromatic carbocycles. The average molecular weight is 309 g/mol. The predicted molar refractivity (Wildman–Crippen MR) is 72.4 cm³/mol. The van der Waals surface area contributed by atoms with Crippen LogP contribution < -0.4 is 0 Å². The third kappa shape index (κ3) is 11.9. The van der Waals surface area contributed by atoms with Crippen molar-refractivity contribution >= 4 is 9.52 Å². The van der Waals surface area contributed by atoms with E-state index in [0.29, 0.717) is 0 Å². The Bertz CT molecular complexity index is 263. The van der Waals surface area contributed by atoms with Crippen LogP contribution in [0.25, 0.3) is 0 Å². The summed E-state index contributed by atoms with van der Waals surface area (Å²) in [5.74, 6) is 0. The molecule has 16 heavy (non-hydrogen) atoms. The minimum atomic E-state index is 0. The molecule has 0 nitrogen and oxygen atoms in total. The normalized spacial score (nSPS) is 7.75. The standard InChI is InChI=1S/2C6H7.C2H7Si.Zr/c2*1-6-4-2-3-5-6;1-3-2;/h2*2-5H,1H3;3H,1-2H3;/q2*-1;;+2. The maximum absolute atomic E-state index is 2.21. The molecular weight excluding hydrogens is 287 g/mol. The van der Waals surface area contributed by atoms with Crippen LogP contribution >= 0.6 is 0 Å². The van der Waals surface area contributed by atoms with Gasteiger partial charge in [-0.3, -0.25) is 0 Å². The smallest absolute Gasteiger partial charge is 0.213 e. The van der Waals surface area contributed by atoms with Crippen LogP contribution in [0.4, 0.5) is 0 Å².